The summed E-state index contributed by atoms with van der Waals surface area (Å²) in [7, 11) is 0. The van der Waals surface area contributed by atoms with Crippen LogP contribution in [0.25, 0.3) is 0 Å². The van der Waals surface area contributed by atoms with Crippen molar-refractivity contribution < 1.29 is 19.7 Å². The summed E-state index contributed by atoms with van der Waals surface area (Å²) in [5.74, 6) is 3.34. The predicted molar refractivity (Wildman–Crippen MR) is 125 cm³/mol. The average molecular weight is 447 g/mol. The molecule has 0 aromatic heterocycles. The molecule has 4 aliphatic carbocycles. The summed E-state index contributed by atoms with van der Waals surface area (Å²) in [5.41, 5.74) is 0.282. The van der Waals surface area contributed by atoms with Crippen LogP contribution in [0.5, 0.6) is 0 Å². The minimum Gasteiger partial charge on any atom is -0.390 e. The minimum absolute atomic E-state index is 0.0793. The number of ketones is 1. The Balaban J connectivity index is 1.36. The Morgan fingerprint density at radius 2 is 1.62 bits per heavy atom. The van der Waals surface area contributed by atoms with Gasteiger partial charge in [-0.05, 0) is 90.8 Å². The van der Waals surface area contributed by atoms with Gasteiger partial charge in [0.15, 0.2) is 0 Å². The van der Waals surface area contributed by atoms with Crippen LogP contribution in [-0.4, -0.2) is 40.4 Å². The van der Waals surface area contributed by atoms with Gasteiger partial charge < -0.3 is 14.9 Å². The van der Waals surface area contributed by atoms with Gasteiger partial charge in [0.1, 0.15) is 5.78 Å². The van der Waals surface area contributed by atoms with Crippen LogP contribution in [0.15, 0.2) is 0 Å². The van der Waals surface area contributed by atoms with Gasteiger partial charge in [-0.15, -0.1) is 0 Å². The topological polar surface area (TPSA) is 70.1 Å². The number of aliphatic hydroxyl groups excluding tert-OH is 2. The van der Waals surface area contributed by atoms with Crippen LogP contribution in [0.4, 0.5) is 0 Å². The van der Waals surface area contributed by atoms with E-state index in [1.165, 1.54) is 19.3 Å². The van der Waals surface area contributed by atoms with Crippen molar-refractivity contribution in [1.29, 1.82) is 0 Å². The van der Waals surface area contributed by atoms with Crippen molar-refractivity contribution in [3.05, 3.63) is 0 Å². The summed E-state index contributed by atoms with van der Waals surface area (Å²) < 4.78 is 5.90. The Kier molecular flexibility index (Phi) is 5.67. The number of hydrogen-bond acceptors (Lipinski definition) is 4. The van der Waals surface area contributed by atoms with Gasteiger partial charge >= 0.3 is 0 Å². The van der Waals surface area contributed by atoms with Gasteiger partial charge in [0, 0.05) is 12.3 Å². The molecular formula is C28H46O4. The van der Waals surface area contributed by atoms with Gasteiger partial charge in [-0.3, -0.25) is 4.79 Å². The second-order valence-corrected chi connectivity index (χ2v) is 13.4. The van der Waals surface area contributed by atoms with E-state index in [1.807, 2.05) is 0 Å². The second-order valence-electron chi connectivity index (χ2n) is 13.4. The number of rotatable bonds is 5. The zero-order chi connectivity index (χ0) is 23.2. The van der Waals surface area contributed by atoms with E-state index in [2.05, 4.69) is 41.5 Å². The number of Topliss-reactive ketones (excluding diaryl/α,β-unsaturated/α-hetero) is 1. The maximum atomic E-state index is 13.4. The Morgan fingerprint density at radius 1 is 0.938 bits per heavy atom. The number of aliphatic hydroxyl groups is 2. The fourth-order valence-electron chi connectivity index (χ4n) is 9.48. The number of carbonyl (C=O) groups is 1. The first-order chi connectivity index (χ1) is 15.0. The van der Waals surface area contributed by atoms with Gasteiger partial charge in [0.05, 0.1) is 24.4 Å². The summed E-state index contributed by atoms with van der Waals surface area (Å²) >= 11 is 0. The predicted octanol–water partition coefficient (Wildman–Crippen LogP) is 4.85. The largest absolute Gasteiger partial charge is 0.390 e. The van der Waals surface area contributed by atoms with Crippen molar-refractivity contribution in [2.75, 3.05) is 0 Å². The molecule has 5 rings (SSSR count). The molecule has 0 radical (unpaired) electrons. The van der Waals surface area contributed by atoms with Crippen molar-refractivity contribution in [3.63, 3.8) is 0 Å². The first-order valence-corrected chi connectivity index (χ1v) is 13.5. The number of hydrogen-bond donors (Lipinski definition) is 2. The zero-order valence-corrected chi connectivity index (χ0v) is 21.1. The lowest BCUT2D eigenvalue weighted by Gasteiger charge is -2.59. The highest BCUT2D eigenvalue weighted by Gasteiger charge is 2.66. The fraction of sp³-hybridized carbons (Fsp3) is 0.964. The number of epoxide rings is 1. The second kappa shape index (κ2) is 7.78. The summed E-state index contributed by atoms with van der Waals surface area (Å²) in [6, 6.07) is 0. The molecule has 4 saturated carbocycles. The molecule has 0 amide bonds. The third-order valence-electron chi connectivity index (χ3n) is 11.9. The van der Waals surface area contributed by atoms with E-state index in [9.17, 15) is 15.0 Å². The number of fused-ring (bicyclic) bond motifs is 6. The molecule has 1 aliphatic heterocycles. The molecule has 0 aromatic rings. The van der Waals surface area contributed by atoms with Gasteiger partial charge in [-0.25, -0.2) is 0 Å². The zero-order valence-electron chi connectivity index (χ0n) is 21.1. The molecular weight excluding hydrogens is 400 g/mol. The summed E-state index contributed by atoms with van der Waals surface area (Å²) in [4.78, 5) is 13.4. The lowest BCUT2D eigenvalue weighted by Crippen LogP contribution is -2.57. The third-order valence-corrected chi connectivity index (χ3v) is 11.9. The molecule has 0 bridgehead atoms. The van der Waals surface area contributed by atoms with Crippen molar-refractivity contribution in [2.24, 2.45) is 58.2 Å². The quantitative estimate of drug-likeness (QED) is 0.592. The lowest BCUT2D eigenvalue weighted by atomic mass is 9.44. The van der Waals surface area contributed by atoms with E-state index < -0.39 is 12.2 Å². The van der Waals surface area contributed by atoms with Crippen LogP contribution in [0, 0.1) is 58.2 Å². The summed E-state index contributed by atoms with van der Waals surface area (Å²) in [6.07, 6.45) is 6.92. The van der Waals surface area contributed by atoms with Gasteiger partial charge in [-0.1, -0.05) is 41.5 Å². The molecule has 0 unspecified atom stereocenters. The van der Waals surface area contributed by atoms with Gasteiger partial charge in [-0.2, -0.15) is 0 Å². The molecule has 1 heterocycles. The maximum absolute atomic E-state index is 13.4. The molecule has 5 aliphatic rings. The molecule has 4 heteroatoms. The van der Waals surface area contributed by atoms with Gasteiger partial charge in [0.2, 0.25) is 0 Å². The summed E-state index contributed by atoms with van der Waals surface area (Å²) in [5, 5.41) is 22.0. The molecule has 32 heavy (non-hydrogen) atoms. The highest BCUT2D eigenvalue weighted by Crippen LogP contribution is 2.69. The average Bonchev–Trinajstić information content (AvgIpc) is 3.39. The SMILES string of the molecule is CC(C)[C@@H](C)[C@@H](O)[C@H](O)[C@@H](C)[C@H]1CC[C@H]2[C@@H]3CC(=O)[C@H]4C[C@H]5O[C@H]5C[C@]4(C)[C@H]3CC[C@@]12C. The van der Waals surface area contributed by atoms with Crippen molar-refractivity contribution in [2.45, 2.75) is 111 Å². The fourth-order valence-corrected chi connectivity index (χ4v) is 9.48. The van der Waals surface area contributed by atoms with Crippen molar-refractivity contribution in [3.8, 4) is 0 Å². The smallest absolute Gasteiger partial charge is 0.136 e. The Labute approximate surface area is 194 Å². The number of carbonyl (C=O) groups excluding carboxylic acids is 1. The van der Waals surface area contributed by atoms with Crippen molar-refractivity contribution in [1.82, 2.24) is 0 Å². The molecule has 5 fully saturated rings. The third kappa shape index (κ3) is 3.29. The maximum Gasteiger partial charge on any atom is 0.136 e. The van der Waals surface area contributed by atoms with E-state index >= 15 is 0 Å². The van der Waals surface area contributed by atoms with Crippen LogP contribution in [0.3, 0.4) is 0 Å². The lowest BCUT2D eigenvalue weighted by molar-refractivity contribution is -0.154. The first-order valence-electron chi connectivity index (χ1n) is 13.5. The molecule has 0 spiro atoms. The van der Waals surface area contributed by atoms with E-state index in [-0.39, 0.29) is 28.6 Å². The summed E-state index contributed by atoms with van der Waals surface area (Å²) in [6.45, 7) is 13.3. The molecule has 0 aromatic carbocycles. The van der Waals surface area contributed by atoms with Crippen LogP contribution in [-0.2, 0) is 9.53 Å². The first kappa shape index (κ1) is 23.3. The van der Waals surface area contributed by atoms with E-state index in [4.69, 9.17) is 4.74 Å². The molecule has 1 saturated heterocycles. The van der Waals surface area contributed by atoms with Crippen molar-refractivity contribution >= 4 is 5.78 Å². The van der Waals surface area contributed by atoms with E-state index in [0.29, 0.717) is 47.6 Å². The molecule has 13 atom stereocenters. The van der Waals surface area contributed by atoms with Crippen LogP contribution in [0.1, 0.15) is 86.5 Å². The van der Waals surface area contributed by atoms with Gasteiger partial charge in [0.25, 0.3) is 0 Å². The standard InChI is InChI=1S/C28H46O4/c1-14(2)15(3)25(30)26(31)16(4)18-7-8-19-17-11-22(29)21-12-23-24(32-23)13-28(21,6)20(17)9-10-27(18,19)5/h14-21,23-26,30-31H,7-13H2,1-6H3/t15-,16+,17+,18-,19+,20+,21-,23-,24+,25-,26-,27+,28-/m1/s1. The highest BCUT2D eigenvalue weighted by molar-refractivity contribution is 5.83. The normalized spacial score (nSPS) is 51.2. The van der Waals surface area contributed by atoms with Crippen LogP contribution < -0.4 is 0 Å². The van der Waals surface area contributed by atoms with E-state index in [1.54, 1.807) is 0 Å². The number of ether oxygens (including phenoxy) is 1. The Hall–Kier alpha value is -0.450. The Morgan fingerprint density at radius 3 is 2.31 bits per heavy atom. The van der Waals surface area contributed by atoms with E-state index in [0.717, 1.165) is 25.7 Å². The molecule has 4 nitrogen and oxygen atoms in total. The van der Waals surface area contributed by atoms with Crippen LogP contribution >= 0.6 is 0 Å². The minimum atomic E-state index is -0.678. The monoisotopic (exact) mass is 446 g/mol. The highest BCUT2D eigenvalue weighted by atomic mass is 16.6. The van der Waals surface area contributed by atoms with Crippen LogP contribution in [0.2, 0.25) is 0 Å². The molecule has 2 N–H and O–H groups in total. The Bertz CT molecular complexity index is 750. The molecule has 182 valence electrons.